The number of halogens is 1. The number of rotatable bonds is 4. The van der Waals surface area contributed by atoms with Crippen LogP contribution in [0.1, 0.15) is 0 Å². The minimum Gasteiger partial charge on any atom is -0.323 e. The van der Waals surface area contributed by atoms with Crippen LogP contribution in [0.25, 0.3) is 21.7 Å². The Morgan fingerprint density at radius 3 is 2.68 bits per heavy atom. The van der Waals surface area contributed by atoms with Crippen molar-refractivity contribution in [3.63, 3.8) is 0 Å². The number of aromatic nitrogens is 2. The first-order valence-corrected chi connectivity index (χ1v) is 9.01. The number of anilines is 1. The zero-order chi connectivity index (χ0) is 17.2. The summed E-state index contributed by atoms with van der Waals surface area (Å²) in [5, 5.41) is 5.39. The van der Waals surface area contributed by atoms with Crippen LogP contribution in [0.4, 0.5) is 5.69 Å². The molecule has 2 heterocycles. The van der Waals surface area contributed by atoms with Gasteiger partial charge in [0.25, 0.3) is 0 Å². The van der Waals surface area contributed by atoms with E-state index in [4.69, 9.17) is 16.6 Å². The lowest BCUT2D eigenvalue weighted by atomic mass is 10.3. The van der Waals surface area contributed by atoms with Crippen molar-refractivity contribution >= 4 is 45.6 Å². The molecule has 0 atom stereocenters. The molecule has 25 heavy (non-hydrogen) atoms. The van der Waals surface area contributed by atoms with Gasteiger partial charge < -0.3 is 9.88 Å². The van der Waals surface area contributed by atoms with E-state index < -0.39 is 0 Å². The number of amides is 1. The molecule has 1 N–H and O–H groups in total. The second-order valence-electron chi connectivity index (χ2n) is 5.52. The Bertz CT molecular complexity index is 1040. The molecule has 0 bridgehead atoms. The van der Waals surface area contributed by atoms with Crippen LogP contribution >= 0.6 is 22.9 Å². The van der Waals surface area contributed by atoms with E-state index in [0.717, 1.165) is 21.7 Å². The Morgan fingerprint density at radius 2 is 1.88 bits per heavy atom. The molecular weight excluding hydrogens is 354 g/mol. The number of nitrogens with one attached hydrogen (secondary N) is 1. The van der Waals surface area contributed by atoms with Gasteiger partial charge in [-0.2, -0.15) is 0 Å². The number of hydrogen-bond donors (Lipinski definition) is 1. The van der Waals surface area contributed by atoms with Gasteiger partial charge in [0, 0.05) is 0 Å². The topological polar surface area (TPSA) is 46.9 Å². The fourth-order valence-corrected chi connectivity index (χ4v) is 3.63. The van der Waals surface area contributed by atoms with Crippen molar-refractivity contribution < 1.29 is 4.79 Å². The van der Waals surface area contributed by atoms with E-state index in [2.05, 4.69) is 5.32 Å². The highest BCUT2D eigenvalue weighted by molar-refractivity contribution is 7.13. The van der Waals surface area contributed by atoms with E-state index in [9.17, 15) is 4.79 Å². The van der Waals surface area contributed by atoms with Gasteiger partial charge in [-0.3, -0.25) is 4.79 Å². The third kappa shape index (κ3) is 3.16. The molecule has 4 rings (SSSR count). The maximum atomic E-state index is 12.6. The minimum atomic E-state index is -0.144. The summed E-state index contributed by atoms with van der Waals surface area (Å²) in [6, 6.07) is 19.0. The number of nitrogens with zero attached hydrogens (tertiary/aromatic N) is 2. The summed E-state index contributed by atoms with van der Waals surface area (Å²) in [7, 11) is 0. The largest absolute Gasteiger partial charge is 0.323 e. The third-order valence-electron chi connectivity index (χ3n) is 3.85. The monoisotopic (exact) mass is 367 g/mol. The number of imidazole rings is 1. The van der Waals surface area contributed by atoms with Gasteiger partial charge in [0.1, 0.15) is 6.54 Å². The van der Waals surface area contributed by atoms with Crippen LogP contribution in [0.3, 0.4) is 0 Å². The lowest BCUT2D eigenvalue weighted by molar-refractivity contribution is -0.116. The van der Waals surface area contributed by atoms with Gasteiger partial charge in [-0.05, 0) is 35.7 Å². The van der Waals surface area contributed by atoms with Crippen LogP contribution in [-0.4, -0.2) is 15.5 Å². The number of thiophene rings is 1. The predicted molar refractivity (Wildman–Crippen MR) is 103 cm³/mol. The fourth-order valence-electron chi connectivity index (χ4n) is 2.73. The Balaban J connectivity index is 1.70. The summed E-state index contributed by atoms with van der Waals surface area (Å²) in [5.41, 5.74) is 2.41. The Morgan fingerprint density at radius 1 is 1.08 bits per heavy atom. The van der Waals surface area contributed by atoms with E-state index in [-0.39, 0.29) is 12.5 Å². The SMILES string of the molecule is O=C(Cn1c(-c2cccs2)nc2ccccc21)Nc1ccccc1Cl. The molecule has 0 unspecified atom stereocenters. The molecule has 6 heteroatoms. The summed E-state index contributed by atoms with van der Waals surface area (Å²) in [6.07, 6.45) is 0. The first-order valence-electron chi connectivity index (χ1n) is 7.76. The van der Waals surface area contributed by atoms with Crippen molar-refractivity contribution in [1.29, 1.82) is 0 Å². The van der Waals surface area contributed by atoms with Crippen LogP contribution in [0.5, 0.6) is 0 Å². The molecule has 0 saturated heterocycles. The van der Waals surface area contributed by atoms with E-state index in [1.165, 1.54) is 0 Å². The van der Waals surface area contributed by atoms with E-state index in [1.54, 1.807) is 23.5 Å². The van der Waals surface area contributed by atoms with Crippen molar-refractivity contribution in [2.45, 2.75) is 6.54 Å². The Labute approximate surface area is 153 Å². The number of carbonyl (C=O) groups is 1. The van der Waals surface area contributed by atoms with Crippen molar-refractivity contribution in [3.05, 3.63) is 71.1 Å². The first kappa shape index (κ1) is 15.9. The summed E-state index contributed by atoms with van der Waals surface area (Å²) in [5.74, 6) is 0.652. The lowest BCUT2D eigenvalue weighted by Crippen LogP contribution is -2.19. The van der Waals surface area contributed by atoms with Crippen LogP contribution < -0.4 is 5.32 Å². The molecule has 4 aromatic rings. The standard InChI is InChI=1S/C19H14ClN3OS/c20-13-6-1-2-7-14(13)21-18(24)12-23-16-9-4-3-8-15(16)22-19(23)17-10-5-11-25-17/h1-11H,12H2,(H,21,24). The van der Waals surface area contributed by atoms with Gasteiger partial charge in [0.2, 0.25) is 5.91 Å². The van der Waals surface area contributed by atoms with Crippen LogP contribution in [0.15, 0.2) is 66.0 Å². The van der Waals surface area contributed by atoms with Crippen molar-refractivity contribution in [2.24, 2.45) is 0 Å². The quantitative estimate of drug-likeness (QED) is 0.548. The van der Waals surface area contributed by atoms with E-state index in [0.29, 0.717) is 10.7 Å². The predicted octanol–water partition coefficient (Wildman–Crippen LogP) is 5.06. The zero-order valence-corrected chi connectivity index (χ0v) is 14.7. The van der Waals surface area contributed by atoms with Crippen LogP contribution in [0.2, 0.25) is 5.02 Å². The average molecular weight is 368 g/mol. The van der Waals surface area contributed by atoms with Gasteiger partial charge in [-0.25, -0.2) is 4.98 Å². The molecule has 0 aliphatic carbocycles. The molecule has 0 fully saturated rings. The van der Waals surface area contributed by atoms with Crippen molar-refractivity contribution in [3.8, 4) is 10.7 Å². The Kier molecular flexibility index (Phi) is 4.26. The highest BCUT2D eigenvalue weighted by Gasteiger charge is 2.16. The molecule has 0 aliphatic rings. The molecule has 1 amide bonds. The van der Waals surface area contributed by atoms with Gasteiger partial charge >= 0.3 is 0 Å². The summed E-state index contributed by atoms with van der Waals surface area (Å²) in [4.78, 5) is 18.3. The lowest BCUT2D eigenvalue weighted by Gasteiger charge is -2.10. The maximum Gasteiger partial charge on any atom is 0.244 e. The number of para-hydroxylation sites is 3. The van der Waals surface area contributed by atoms with Gasteiger partial charge in [0.15, 0.2) is 5.82 Å². The van der Waals surface area contributed by atoms with E-state index in [1.807, 2.05) is 58.5 Å². The normalized spacial score (nSPS) is 10.9. The van der Waals surface area contributed by atoms with Crippen LogP contribution in [0, 0.1) is 0 Å². The minimum absolute atomic E-state index is 0.144. The maximum absolute atomic E-state index is 12.6. The average Bonchev–Trinajstić information content (AvgIpc) is 3.25. The third-order valence-corrected chi connectivity index (χ3v) is 5.04. The molecule has 124 valence electrons. The second kappa shape index (κ2) is 6.70. The molecule has 2 aromatic heterocycles. The Hall–Kier alpha value is -2.63. The number of benzene rings is 2. The molecule has 2 aromatic carbocycles. The molecular formula is C19H14ClN3OS. The van der Waals surface area contributed by atoms with E-state index >= 15 is 0 Å². The van der Waals surface area contributed by atoms with Gasteiger partial charge in [-0.1, -0.05) is 41.9 Å². The van der Waals surface area contributed by atoms with Gasteiger partial charge in [0.05, 0.1) is 26.6 Å². The van der Waals surface area contributed by atoms with Crippen molar-refractivity contribution in [2.75, 3.05) is 5.32 Å². The van der Waals surface area contributed by atoms with Crippen molar-refractivity contribution in [1.82, 2.24) is 9.55 Å². The smallest absolute Gasteiger partial charge is 0.244 e. The fraction of sp³-hybridized carbons (Fsp3) is 0.0526. The number of carbonyl (C=O) groups excluding carboxylic acids is 1. The molecule has 4 nitrogen and oxygen atoms in total. The first-order chi connectivity index (χ1) is 12.2. The highest BCUT2D eigenvalue weighted by Crippen LogP contribution is 2.28. The summed E-state index contributed by atoms with van der Waals surface area (Å²) >= 11 is 7.73. The number of hydrogen-bond acceptors (Lipinski definition) is 3. The molecule has 0 spiro atoms. The van der Waals surface area contributed by atoms with Crippen LogP contribution in [-0.2, 0) is 11.3 Å². The molecule has 0 saturated carbocycles. The second-order valence-corrected chi connectivity index (χ2v) is 6.87. The zero-order valence-electron chi connectivity index (χ0n) is 13.1. The van der Waals surface area contributed by atoms with Gasteiger partial charge in [-0.15, -0.1) is 11.3 Å². The molecule has 0 aliphatic heterocycles. The molecule has 0 radical (unpaired) electrons. The summed E-state index contributed by atoms with van der Waals surface area (Å²) in [6.45, 7) is 0.166. The summed E-state index contributed by atoms with van der Waals surface area (Å²) < 4.78 is 1.94. The number of fused-ring (bicyclic) bond motifs is 1. The highest BCUT2D eigenvalue weighted by atomic mass is 35.5.